The van der Waals surface area contributed by atoms with Crippen molar-refractivity contribution in [2.75, 3.05) is 23.9 Å². The smallest absolute Gasteiger partial charge is 0.332 e. The summed E-state index contributed by atoms with van der Waals surface area (Å²) in [6.45, 7) is 1.84. The lowest BCUT2D eigenvalue weighted by Crippen LogP contribution is -2.33. The van der Waals surface area contributed by atoms with Crippen molar-refractivity contribution in [1.29, 1.82) is 0 Å². The van der Waals surface area contributed by atoms with Gasteiger partial charge in [-0.15, -0.1) is 0 Å². The van der Waals surface area contributed by atoms with Gasteiger partial charge in [0.15, 0.2) is 0 Å². The van der Waals surface area contributed by atoms with E-state index in [-0.39, 0.29) is 18.3 Å². The van der Waals surface area contributed by atoms with Gasteiger partial charge in [-0.25, -0.2) is 14.2 Å². The summed E-state index contributed by atoms with van der Waals surface area (Å²) in [4.78, 5) is 34.0. The van der Waals surface area contributed by atoms with Gasteiger partial charge >= 0.3 is 6.03 Å². The minimum atomic E-state index is -0.631. The molecular formula is C18H19FN4O2. The third-order valence-corrected chi connectivity index (χ3v) is 4.16. The predicted octanol–water partition coefficient (Wildman–Crippen LogP) is 2.64. The highest BCUT2D eigenvalue weighted by molar-refractivity contribution is 6.13. The summed E-state index contributed by atoms with van der Waals surface area (Å²) in [6, 6.07) is 8.11. The van der Waals surface area contributed by atoms with E-state index < -0.39 is 12.1 Å². The molecule has 2 heterocycles. The Kier molecular flexibility index (Phi) is 4.39. The molecule has 1 fully saturated rings. The van der Waals surface area contributed by atoms with Crippen LogP contribution in [0.3, 0.4) is 0 Å². The number of benzene rings is 1. The van der Waals surface area contributed by atoms with Crippen molar-refractivity contribution in [1.82, 2.24) is 9.88 Å². The number of hydrogen-bond donors (Lipinski definition) is 0. The molecule has 0 N–H and O–H groups in total. The molecule has 3 amide bonds. The number of imide groups is 1. The van der Waals surface area contributed by atoms with Crippen LogP contribution in [0.4, 0.5) is 20.7 Å². The fourth-order valence-corrected chi connectivity index (χ4v) is 2.79. The highest BCUT2D eigenvalue weighted by Gasteiger charge is 2.43. The molecule has 7 heteroatoms. The molecule has 0 saturated carbocycles. The number of carbonyl (C=O) groups excluding carboxylic acids is 2. The normalized spacial score (nSPS) is 17.4. The molecule has 1 saturated heterocycles. The second-order valence-corrected chi connectivity index (χ2v) is 6.15. The third-order valence-electron chi connectivity index (χ3n) is 4.16. The quantitative estimate of drug-likeness (QED) is 0.802. The molecule has 6 nitrogen and oxygen atoms in total. The van der Waals surface area contributed by atoms with E-state index in [0.717, 1.165) is 11.4 Å². The molecular weight excluding hydrogens is 323 g/mol. The summed E-state index contributed by atoms with van der Waals surface area (Å²) in [5.41, 5.74) is 1.31. The van der Waals surface area contributed by atoms with E-state index in [1.54, 1.807) is 19.2 Å². The van der Waals surface area contributed by atoms with Gasteiger partial charge < -0.3 is 4.90 Å². The molecule has 1 aliphatic rings. The van der Waals surface area contributed by atoms with Gasteiger partial charge in [0.1, 0.15) is 17.7 Å². The number of nitrogens with zero attached hydrogens (tertiary/aromatic N) is 4. The molecule has 0 spiro atoms. The first-order chi connectivity index (χ1) is 11.9. The SMILES string of the molecule is C[C@@H]1C(=O)N(Cc2ccnc(N(C)C)c2)C(=O)N1c1ccc(F)cc1. The van der Waals surface area contributed by atoms with Crippen LogP contribution >= 0.6 is 0 Å². The van der Waals surface area contributed by atoms with Gasteiger partial charge in [0.25, 0.3) is 5.91 Å². The molecule has 1 atom stereocenters. The van der Waals surface area contributed by atoms with Crippen LogP contribution < -0.4 is 9.80 Å². The van der Waals surface area contributed by atoms with E-state index in [4.69, 9.17) is 0 Å². The molecule has 0 bridgehead atoms. The zero-order valence-corrected chi connectivity index (χ0v) is 14.3. The van der Waals surface area contributed by atoms with Gasteiger partial charge in [0.05, 0.1) is 6.54 Å². The zero-order valence-electron chi connectivity index (χ0n) is 14.3. The molecule has 3 rings (SSSR count). The van der Waals surface area contributed by atoms with Crippen LogP contribution in [0, 0.1) is 5.82 Å². The molecule has 25 heavy (non-hydrogen) atoms. The number of rotatable bonds is 4. The van der Waals surface area contributed by atoms with Crippen molar-refractivity contribution in [3.8, 4) is 0 Å². The van der Waals surface area contributed by atoms with Crippen LogP contribution in [-0.4, -0.2) is 42.0 Å². The number of hydrogen-bond acceptors (Lipinski definition) is 4. The van der Waals surface area contributed by atoms with E-state index in [2.05, 4.69) is 4.98 Å². The van der Waals surface area contributed by atoms with Crippen LogP contribution in [0.15, 0.2) is 42.6 Å². The maximum Gasteiger partial charge on any atom is 0.332 e. The van der Waals surface area contributed by atoms with Gasteiger partial charge in [0.2, 0.25) is 0 Å². The number of pyridine rings is 1. The Hall–Kier alpha value is -2.96. The standard InChI is InChI=1S/C18H19FN4O2/c1-12-17(24)22(11-13-8-9-20-16(10-13)21(2)3)18(25)23(12)15-6-4-14(19)5-7-15/h4-10,12H,11H2,1-3H3/t12-/m1/s1. The first-order valence-corrected chi connectivity index (χ1v) is 7.91. The third kappa shape index (κ3) is 3.17. The van der Waals surface area contributed by atoms with Gasteiger partial charge in [-0.3, -0.25) is 14.6 Å². The first-order valence-electron chi connectivity index (χ1n) is 7.91. The average Bonchev–Trinajstić information content (AvgIpc) is 2.80. The Morgan fingerprint density at radius 1 is 1.16 bits per heavy atom. The highest BCUT2D eigenvalue weighted by atomic mass is 19.1. The van der Waals surface area contributed by atoms with Crippen LogP contribution in [0.25, 0.3) is 0 Å². The maximum absolute atomic E-state index is 13.1. The Balaban J connectivity index is 1.85. The number of aromatic nitrogens is 1. The van der Waals surface area contributed by atoms with Crippen molar-refractivity contribution in [2.45, 2.75) is 19.5 Å². The van der Waals surface area contributed by atoms with Crippen LogP contribution in [-0.2, 0) is 11.3 Å². The summed E-state index contributed by atoms with van der Waals surface area (Å²) < 4.78 is 13.1. The molecule has 1 aliphatic heterocycles. The maximum atomic E-state index is 13.1. The summed E-state index contributed by atoms with van der Waals surface area (Å²) in [5.74, 6) is 0.0804. The Bertz CT molecular complexity index is 807. The van der Waals surface area contributed by atoms with Crippen molar-refractivity contribution < 1.29 is 14.0 Å². The first kappa shape index (κ1) is 16.9. The molecule has 0 unspecified atom stereocenters. The van der Waals surface area contributed by atoms with Gasteiger partial charge in [-0.05, 0) is 48.9 Å². The minimum Gasteiger partial charge on any atom is -0.363 e. The largest absolute Gasteiger partial charge is 0.363 e. The molecule has 130 valence electrons. The predicted molar refractivity (Wildman–Crippen MR) is 92.9 cm³/mol. The summed E-state index contributed by atoms with van der Waals surface area (Å²) in [6.07, 6.45) is 1.65. The van der Waals surface area contributed by atoms with Gasteiger partial charge in [-0.2, -0.15) is 0 Å². The lowest BCUT2D eigenvalue weighted by molar-refractivity contribution is -0.127. The van der Waals surface area contributed by atoms with Crippen molar-refractivity contribution in [3.63, 3.8) is 0 Å². The fourth-order valence-electron chi connectivity index (χ4n) is 2.79. The van der Waals surface area contributed by atoms with Gasteiger partial charge in [-0.1, -0.05) is 0 Å². The molecule has 1 aromatic carbocycles. The topological polar surface area (TPSA) is 56.8 Å². The van der Waals surface area contributed by atoms with E-state index in [1.807, 2.05) is 25.1 Å². The number of carbonyl (C=O) groups is 2. The monoisotopic (exact) mass is 342 g/mol. The van der Waals surface area contributed by atoms with Crippen LogP contribution in [0.1, 0.15) is 12.5 Å². The van der Waals surface area contributed by atoms with Crippen molar-refractivity contribution in [3.05, 3.63) is 54.0 Å². The number of urea groups is 1. The van der Waals surface area contributed by atoms with E-state index in [1.165, 1.54) is 34.1 Å². The second-order valence-electron chi connectivity index (χ2n) is 6.15. The van der Waals surface area contributed by atoms with E-state index in [9.17, 15) is 14.0 Å². The number of halogens is 1. The van der Waals surface area contributed by atoms with E-state index in [0.29, 0.717) is 5.69 Å². The Morgan fingerprint density at radius 3 is 2.48 bits per heavy atom. The fraction of sp³-hybridized carbons (Fsp3) is 0.278. The molecule has 1 aromatic heterocycles. The molecule has 2 aromatic rings. The number of anilines is 2. The van der Waals surface area contributed by atoms with Crippen molar-refractivity contribution in [2.24, 2.45) is 0 Å². The minimum absolute atomic E-state index is 0.170. The Morgan fingerprint density at radius 2 is 1.84 bits per heavy atom. The lowest BCUT2D eigenvalue weighted by Gasteiger charge is -2.19. The lowest BCUT2D eigenvalue weighted by atomic mass is 10.2. The molecule has 0 radical (unpaired) electrons. The Labute approximate surface area is 145 Å². The summed E-state index contributed by atoms with van der Waals surface area (Å²) in [5, 5.41) is 0. The van der Waals surface area contributed by atoms with Crippen LogP contribution in [0.5, 0.6) is 0 Å². The zero-order chi connectivity index (χ0) is 18.1. The molecule has 0 aliphatic carbocycles. The summed E-state index contributed by atoms with van der Waals surface area (Å²) in [7, 11) is 3.74. The summed E-state index contributed by atoms with van der Waals surface area (Å²) >= 11 is 0. The average molecular weight is 342 g/mol. The second kappa shape index (κ2) is 6.51. The van der Waals surface area contributed by atoms with E-state index >= 15 is 0 Å². The van der Waals surface area contributed by atoms with Crippen molar-refractivity contribution >= 4 is 23.4 Å². The highest BCUT2D eigenvalue weighted by Crippen LogP contribution is 2.27. The van der Waals surface area contributed by atoms with Gasteiger partial charge in [0, 0.05) is 26.0 Å². The number of amides is 3. The van der Waals surface area contributed by atoms with Crippen LogP contribution in [0.2, 0.25) is 0 Å².